The quantitative estimate of drug-likeness (QED) is 0.379. The number of hydrogen-bond acceptors (Lipinski definition) is 8. The van der Waals surface area contributed by atoms with Gasteiger partial charge in [-0.3, -0.25) is 14.9 Å². The Bertz CT molecular complexity index is 1030. The zero-order valence-corrected chi connectivity index (χ0v) is 16.7. The van der Waals surface area contributed by atoms with Crippen LogP contribution in [0.25, 0.3) is 0 Å². The van der Waals surface area contributed by atoms with E-state index in [0.717, 1.165) is 12.1 Å². The minimum atomic E-state index is -1.08. The second-order valence-electron chi connectivity index (χ2n) is 5.64. The van der Waals surface area contributed by atoms with E-state index in [2.05, 4.69) is 5.32 Å². The molecule has 2 aromatic carbocycles. The highest BCUT2D eigenvalue weighted by Gasteiger charge is 2.26. The summed E-state index contributed by atoms with van der Waals surface area (Å²) in [7, 11) is 1.30. The molecule has 0 unspecified atom stereocenters. The molecule has 0 atom stereocenters. The molecule has 0 aliphatic heterocycles. The van der Waals surface area contributed by atoms with E-state index in [0.29, 0.717) is 0 Å². The van der Waals surface area contributed by atoms with E-state index < -0.39 is 34.7 Å². The molecule has 10 nitrogen and oxygen atoms in total. The van der Waals surface area contributed by atoms with Gasteiger partial charge in [0, 0.05) is 11.8 Å². The fraction of sp³-hybridized carbons (Fsp3) is 0.211. The first-order valence-corrected chi connectivity index (χ1v) is 8.84. The van der Waals surface area contributed by atoms with Gasteiger partial charge in [0.05, 0.1) is 35.3 Å². The SMILES string of the molecule is CCOc1cc(C(=O)OCC(=O)Nc2ccc(C#N)c(Cl)c2)c([N+](=O)[O-])cc1OC. The van der Waals surface area contributed by atoms with E-state index in [-0.39, 0.29) is 34.4 Å². The van der Waals surface area contributed by atoms with Gasteiger partial charge in [-0.1, -0.05) is 11.6 Å². The molecule has 0 bridgehead atoms. The van der Waals surface area contributed by atoms with Gasteiger partial charge < -0.3 is 19.5 Å². The van der Waals surface area contributed by atoms with Gasteiger partial charge in [0.25, 0.3) is 11.6 Å². The van der Waals surface area contributed by atoms with Crippen molar-refractivity contribution in [3.8, 4) is 17.6 Å². The normalized spacial score (nSPS) is 9.93. The van der Waals surface area contributed by atoms with Crippen LogP contribution in [-0.2, 0) is 9.53 Å². The van der Waals surface area contributed by atoms with E-state index in [1.807, 2.05) is 6.07 Å². The van der Waals surface area contributed by atoms with Gasteiger partial charge in [0.15, 0.2) is 18.1 Å². The van der Waals surface area contributed by atoms with Crippen molar-refractivity contribution < 1.29 is 28.7 Å². The first-order valence-electron chi connectivity index (χ1n) is 8.46. The molecule has 0 fully saturated rings. The number of anilines is 1. The number of nitro groups is 1. The second kappa shape index (κ2) is 10.1. The summed E-state index contributed by atoms with van der Waals surface area (Å²) in [6, 6.07) is 8.28. The van der Waals surface area contributed by atoms with Gasteiger partial charge in [0.2, 0.25) is 0 Å². The Labute approximate surface area is 176 Å². The number of methoxy groups -OCH3 is 1. The Morgan fingerprint density at radius 1 is 1.27 bits per heavy atom. The van der Waals surface area contributed by atoms with Crippen molar-refractivity contribution in [2.75, 3.05) is 25.6 Å². The number of benzene rings is 2. The third-order valence-corrected chi connectivity index (χ3v) is 4.02. The van der Waals surface area contributed by atoms with Crippen molar-refractivity contribution in [3.63, 3.8) is 0 Å². The second-order valence-corrected chi connectivity index (χ2v) is 6.05. The van der Waals surface area contributed by atoms with Crippen LogP contribution in [0.1, 0.15) is 22.8 Å². The molecule has 2 rings (SSSR count). The first kappa shape index (κ1) is 22.4. The maximum atomic E-state index is 12.4. The number of nitrogens with zero attached hydrogens (tertiary/aromatic N) is 2. The summed E-state index contributed by atoms with van der Waals surface area (Å²) in [6.45, 7) is 1.22. The number of amides is 1. The lowest BCUT2D eigenvalue weighted by Gasteiger charge is -2.12. The van der Waals surface area contributed by atoms with Crippen LogP contribution in [0.15, 0.2) is 30.3 Å². The minimum absolute atomic E-state index is 0.0792. The number of ether oxygens (including phenoxy) is 3. The van der Waals surface area contributed by atoms with Crippen molar-refractivity contribution in [1.82, 2.24) is 0 Å². The number of nitro benzene ring substituents is 1. The lowest BCUT2D eigenvalue weighted by atomic mass is 10.1. The lowest BCUT2D eigenvalue weighted by molar-refractivity contribution is -0.385. The summed E-state index contributed by atoms with van der Waals surface area (Å²) in [5.74, 6) is -1.59. The number of esters is 1. The number of halogens is 1. The highest BCUT2D eigenvalue weighted by Crippen LogP contribution is 2.35. The predicted octanol–water partition coefficient (Wildman–Crippen LogP) is 3.32. The van der Waals surface area contributed by atoms with E-state index in [1.165, 1.54) is 25.3 Å². The molecule has 2 aromatic rings. The Morgan fingerprint density at radius 2 is 2.00 bits per heavy atom. The van der Waals surface area contributed by atoms with Crippen molar-refractivity contribution in [1.29, 1.82) is 5.26 Å². The van der Waals surface area contributed by atoms with Gasteiger partial charge >= 0.3 is 5.97 Å². The van der Waals surface area contributed by atoms with E-state index in [9.17, 15) is 19.7 Å². The molecule has 0 saturated heterocycles. The molecule has 0 saturated carbocycles. The molecule has 0 spiro atoms. The van der Waals surface area contributed by atoms with Gasteiger partial charge in [-0.2, -0.15) is 5.26 Å². The molecule has 1 N–H and O–H groups in total. The van der Waals surface area contributed by atoms with Crippen LogP contribution in [0.5, 0.6) is 11.5 Å². The third-order valence-electron chi connectivity index (χ3n) is 3.71. The predicted molar refractivity (Wildman–Crippen MR) is 106 cm³/mol. The molecule has 0 aliphatic rings. The monoisotopic (exact) mass is 433 g/mol. The van der Waals surface area contributed by atoms with Crippen LogP contribution in [-0.4, -0.2) is 37.1 Å². The summed E-state index contributed by atoms with van der Waals surface area (Å²) in [6.07, 6.45) is 0. The Hall–Kier alpha value is -3.84. The fourth-order valence-corrected chi connectivity index (χ4v) is 2.60. The summed E-state index contributed by atoms with van der Waals surface area (Å²) in [5.41, 5.74) is -0.426. The summed E-state index contributed by atoms with van der Waals surface area (Å²) < 4.78 is 15.3. The maximum Gasteiger partial charge on any atom is 0.345 e. The van der Waals surface area contributed by atoms with Crippen LogP contribution in [0, 0.1) is 21.4 Å². The smallest absolute Gasteiger partial charge is 0.345 e. The van der Waals surface area contributed by atoms with E-state index in [1.54, 1.807) is 6.92 Å². The van der Waals surface area contributed by atoms with E-state index >= 15 is 0 Å². The fourth-order valence-electron chi connectivity index (χ4n) is 2.38. The minimum Gasteiger partial charge on any atom is -0.493 e. The Kier molecular flexibility index (Phi) is 7.55. The number of rotatable bonds is 8. The van der Waals surface area contributed by atoms with Crippen LogP contribution in [0.4, 0.5) is 11.4 Å². The number of nitriles is 1. The number of nitrogens with one attached hydrogen (secondary N) is 1. The van der Waals surface area contributed by atoms with Crippen LogP contribution in [0.3, 0.4) is 0 Å². The zero-order chi connectivity index (χ0) is 22.3. The summed E-state index contributed by atoms with van der Waals surface area (Å²) in [5, 5.41) is 22.7. The van der Waals surface area contributed by atoms with Crippen molar-refractivity contribution in [2.45, 2.75) is 6.92 Å². The molecule has 30 heavy (non-hydrogen) atoms. The van der Waals surface area contributed by atoms with Crippen LogP contribution < -0.4 is 14.8 Å². The number of carbonyl (C=O) groups is 2. The van der Waals surface area contributed by atoms with Gasteiger partial charge in [-0.25, -0.2) is 4.79 Å². The maximum absolute atomic E-state index is 12.4. The molecule has 156 valence electrons. The van der Waals surface area contributed by atoms with Crippen molar-refractivity contribution >= 4 is 34.9 Å². The van der Waals surface area contributed by atoms with Crippen LogP contribution >= 0.6 is 11.6 Å². The van der Waals surface area contributed by atoms with Gasteiger partial charge in [0.1, 0.15) is 11.6 Å². The molecular weight excluding hydrogens is 418 g/mol. The van der Waals surface area contributed by atoms with Gasteiger partial charge in [-0.05, 0) is 25.1 Å². The Morgan fingerprint density at radius 3 is 2.57 bits per heavy atom. The molecular formula is C19H16ClN3O7. The molecule has 0 aromatic heterocycles. The zero-order valence-electron chi connectivity index (χ0n) is 15.9. The topological polar surface area (TPSA) is 141 Å². The molecule has 0 heterocycles. The van der Waals surface area contributed by atoms with Crippen molar-refractivity contribution in [2.24, 2.45) is 0 Å². The van der Waals surface area contributed by atoms with Gasteiger partial charge in [-0.15, -0.1) is 0 Å². The third kappa shape index (κ3) is 5.36. The number of carbonyl (C=O) groups excluding carboxylic acids is 2. The van der Waals surface area contributed by atoms with Crippen molar-refractivity contribution in [3.05, 3.63) is 56.6 Å². The summed E-state index contributed by atoms with van der Waals surface area (Å²) in [4.78, 5) is 34.9. The average Bonchev–Trinajstić information content (AvgIpc) is 2.72. The standard InChI is InChI=1S/C19H16ClN3O7/c1-3-29-17-7-13(15(23(26)27)8-16(17)28-2)19(25)30-10-18(24)22-12-5-4-11(9-21)14(20)6-12/h4-8H,3,10H2,1-2H3,(H,22,24). The molecule has 0 radical (unpaired) electrons. The average molecular weight is 434 g/mol. The molecule has 0 aliphatic carbocycles. The summed E-state index contributed by atoms with van der Waals surface area (Å²) >= 11 is 5.89. The highest BCUT2D eigenvalue weighted by atomic mass is 35.5. The largest absolute Gasteiger partial charge is 0.493 e. The highest BCUT2D eigenvalue weighted by molar-refractivity contribution is 6.32. The van der Waals surface area contributed by atoms with E-state index in [4.69, 9.17) is 31.1 Å². The first-order chi connectivity index (χ1) is 14.3. The molecule has 11 heteroatoms. The molecule has 1 amide bonds. The lowest BCUT2D eigenvalue weighted by Crippen LogP contribution is -2.21. The number of hydrogen-bond donors (Lipinski definition) is 1. The Balaban J connectivity index is 2.14. The van der Waals surface area contributed by atoms with Crippen LogP contribution in [0.2, 0.25) is 5.02 Å².